The topological polar surface area (TPSA) is 82.2 Å². The van der Waals surface area contributed by atoms with Crippen LogP contribution in [0.1, 0.15) is 32.7 Å². The normalized spacial score (nSPS) is 12.5. The minimum atomic E-state index is -4.70. The quantitative estimate of drug-likeness (QED) is 0.266. The predicted molar refractivity (Wildman–Crippen MR) is 108 cm³/mol. The lowest BCUT2D eigenvalue weighted by Crippen LogP contribution is -2.36. The van der Waals surface area contributed by atoms with Crippen LogP contribution in [0, 0.1) is 12.7 Å². The first-order chi connectivity index (χ1) is 15.8. The average molecular weight is 487 g/mol. The van der Waals surface area contributed by atoms with E-state index in [9.17, 15) is 35.5 Å². The Hall–Kier alpha value is -3.90. The van der Waals surface area contributed by atoms with Gasteiger partial charge in [0.05, 0.1) is 12.1 Å². The van der Waals surface area contributed by atoms with Gasteiger partial charge >= 0.3 is 12.4 Å². The van der Waals surface area contributed by atoms with E-state index in [2.05, 4.69) is 20.7 Å². The third-order valence-electron chi connectivity index (χ3n) is 4.48. The largest absolute Gasteiger partial charge is 0.432 e. The Morgan fingerprint density at radius 3 is 2.24 bits per heavy atom. The van der Waals surface area contributed by atoms with E-state index in [4.69, 9.17) is 0 Å². The lowest BCUT2D eigenvalue weighted by molar-refractivity contribution is -0.141. The van der Waals surface area contributed by atoms with Gasteiger partial charge in [0.2, 0.25) is 5.96 Å². The lowest BCUT2D eigenvalue weighted by atomic mass is 10.1. The molecule has 0 bridgehead atoms. The highest BCUT2D eigenvalue weighted by atomic mass is 19.4. The second kappa shape index (κ2) is 9.53. The van der Waals surface area contributed by atoms with Crippen LogP contribution in [0.15, 0.2) is 53.5 Å². The average Bonchev–Trinajstić information content (AvgIpc) is 3.23. The molecule has 3 aromatic rings. The maximum atomic E-state index is 13.5. The zero-order valence-corrected chi connectivity index (χ0v) is 17.3. The van der Waals surface area contributed by atoms with Gasteiger partial charge in [0.1, 0.15) is 11.5 Å². The van der Waals surface area contributed by atoms with E-state index in [1.54, 1.807) is 5.10 Å². The first-order valence-electron chi connectivity index (χ1n) is 9.50. The Morgan fingerprint density at radius 2 is 1.68 bits per heavy atom. The third-order valence-corrected chi connectivity index (χ3v) is 4.48. The van der Waals surface area contributed by atoms with Gasteiger partial charge in [-0.3, -0.25) is 15.2 Å². The number of anilines is 1. The van der Waals surface area contributed by atoms with E-state index >= 15 is 0 Å². The molecule has 0 saturated carbocycles. The minimum Gasteiger partial charge on any atom is -0.309 e. The molecular formula is C21H16F7N5O. The molecule has 0 aliphatic heterocycles. The van der Waals surface area contributed by atoms with Gasteiger partial charge < -0.3 is 5.32 Å². The first kappa shape index (κ1) is 24.7. The summed E-state index contributed by atoms with van der Waals surface area (Å²) in [5.74, 6) is -1.97. The molecule has 1 amide bonds. The molecule has 3 N–H and O–H groups in total. The number of guanidine groups is 1. The highest BCUT2D eigenvalue weighted by molar-refractivity contribution is 6.09. The highest BCUT2D eigenvalue weighted by Gasteiger charge is 2.33. The van der Waals surface area contributed by atoms with Gasteiger partial charge in [-0.2, -0.15) is 31.4 Å². The van der Waals surface area contributed by atoms with Crippen molar-refractivity contribution in [1.29, 1.82) is 0 Å². The zero-order valence-electron chi connectivity index (χ0n) is 17.3. The molecule has 1 heterocycles. The summed E-state index contributed by atoms with van der Waals surface area (Å²) >= 11 is 0. The number of aliphatic imine (C=N–C) groups is 1. The molecule has 0 fully saturated rings. The minimum absolute atomic E-state index is 0.104. The van der Waals surface area contributed by atoms with Crippen LogP contribution in [0.25, 0.3) is 0 Å². The van der Waals surface area contributed by atoms with Crippen molar-refractivity contribution >= 4 is 17.7 Å². The molecule has 34 heavy (non-hydrogen) atoms. The van der Waals surface area contributed by atoms with E-state index in [-0.39, 0.29) is 23.9 Å². The molecule has 180 valence electrons. The summed E-state index contributed by atoms with van der Waals surface area (Å²) < 4.78 is 90.1. The van der Waals surface area contributed by atoms with E-state index in [1.165, 1.54) is 25.1 Å². The van der Waals surface area contributed by atoms with Gasteiger partial charge in [-0.15, -0.1) is 0 Å². The van der Waals surface area contributed by atoms with Crippen LogP contribution in [-0.2, 0) is 18.9 Å². The number of hydrogen-bond acceptors (Lipinski definition) is 3. The zero-order chi connectivity index (χ0) is 25.1. The van der Waals surface area contributed by atoms with Gasteiger partial charge in [0, 0.05) is 11.6 Å². The number of hydrogen-bond donors (Lipinski definition) is 3. The molecule has 0 aliphatic carbocycles. The number of carbonyl (C=O) groups excluding carboxylic acids is 1. The van der Waals surface area contributed by atoms with Crippen molar-refractivity contribution in [2.24, 2.45) is 4.99 Å². The van der Waals surface area contributed by atoms with Gasteiger partial charge in [-0.1, -0.05) is 12.1 Å². The van der Waals surface area contributed by atoms with Crippen molar-refractivity contribution in [3.05, 3.63) is 82.3 Å². The smallest absolute Gasteiger partial charge is 0.309 e. The third kappa shape index (κ3) is 6.33. The number of aromatic nitrogens is 2. The number of nitrogens with zero attached hydrogens (tertiary/aromatic N) is 2. The number of aromatic amines is 1. The standard InChI is InChI=1S/C21H16F7N5O/c1-11-8-12(2-7-15(11)22)10-29-19(30-17-9-16(32-33-17)21(26,27)28)31-18(34)13-3-5-14(6-4-13)20(23,24)25/h2-9H,10H2,1H3,(H3,29,30,31,32,33,34). The van der Waals surface area contributed by atoms with Crippen molar-refractivity contribution in [2.75, 3.05) is 5.32 Å². The van der Waals surface area contributed by atoms with Crippen molar-refractivity contribution in [2.45, 2.75) is 25.8 Å². The van der Waals surface area contributed by atoms with Gasteiger partial charge in [0.15, 0.2) is 5.82 Å². The summed E-state index contributed by atoms with van der Waals surface area (Å²) in [5, 5.41) is 9.97. The maximum Gasteiger partial charge on any atom is 0.432 e. The molecule has 3 rings (SSSR count). The lowest BCUT2D eigenvalue weighted by Gasteiger charge is -2.11. The first-order valence-corrected chi connectivity index (χ1v) is 9.50. The van der Waals surface area contributed by atoms with Crippen LogP contribution in [0.3, 0.4) is 0 Å². The predicted octanol–water partition coefficient (Wildman–Crippen LogP) is 5.29. The summed E-state index contributed by atoms with van der Waals surface area (Å²) in [7, 11) is 0. The van der Waals surface area contributed by atoms with Crippen LogP contribution < -0.4 is 10.6 Å². The molecule has 0 aliphatic rings. The number of halogens is 7. The number of benzene rings is 2. The Labute approximate surface area is 187 Å². The van der Waals surface area contributed by atoms with Crippen LogP contribution in [0.2, 0.25) is 0 Å². The number of H-pyrrole nitrogens is 1. The molecule has 0 atom stereocenters. The number of alkyl halides is 6. The Kier molecular flexibility index (Phi) is 6.93. The Bertz CT molecular complexity index is 1200. The van der Waals surface area contributed by atoms with Gasteiger partial charge in [0.25, 0.3) is 5.91 Å². The summed E-state index contributed by atoms with van der Waals surface area (Å²) in [6, 6.07) is 8.07. The summed E-state index contributed by atoms with van der Waals surface area (Å²) in [5.41, 5.74) is -1.41. The second-order valence-corrected chi connectivity index (χ2v) is 7.07. The number of nitrogens with one attached hydrogen (secondary N) is 3. The summed E-state index contributed by atoms with van der Waals surface area (Å²) in [6.45, 7) is 1.42. The molecule has 1 aromatic heterocycles. The number of aryl methyl sites for hydroxylation is 1. The Balaban J connectivity index is 1.83. The van der Waals surface area contributed by atoms with Crippen molar-refractivity contribution in [1.82, 2.24) is 15.5 Å². The molecule has 0 radical (unpaired) electrons. The van der Waals surface area contributed by atoms with Crippen LogP contribution in [0.4, 0.5) is 36.6 Å². The van der Waals surface area contributed by atoms with E-state index in [0.717, 1.165) is 12.1 Å². The molecule has 0 unspecified atom stereocenters. The molecule has 13 heteroatoms. The van der Waals surface area contributed by atoms with Crippen LogP contribution in [-0.4, -0.2) is 22.1 Å². The van der Waals surface area contributed by atoms with E-state index in [0.29, 0.717) is 29.3 Å². The summed E-state index contributed by atoms with van der Waals surface area (Å²) in [4.78, 5) is 16.6. The van der Waals surface area contributed by atoms with Crippen molar-refractivity contribution in [3.63, 3.8) is 0 Å². The molecule has 0 spiro atoms. The number of carbonyl (C=O) groups is 1. The SMILES string of the molecule is Cc1cc(CN=C(NC(=O)c2ccc(C(F)(F)F)cc2)Nc2cc(C(F)(F)F)[nH]n2)ccc1F. The molecule has 0 saturated heterocycles. The fourth-order valence-corrected chi connectivity index (χ4v) is 2.73. The van der Waals surface area contributed by atoms with Crippen molar-refractivity contribution < 1.29 is 35.5 Å². The second-order valence-electron chi connectivity index (χ2n) is 7.07. The molecule has 6 nitrogen and oxygen atoms in total. The Morgan fingerprint density at radius 1 is 1.00 bits per heavy atom. The van der Waals surface area contributed by atoms with E-state index in [1.807, 2.05) is 0 Å². The van der Waals surface area contributed by atoms with Crippen LogP contribution >= 0.6 is 0 Å². The van der Waals surface area contributed by atoms with Gasteiger partial charge in [-0.25, -0.2) is 9.38 Å². The summed E-state index contributed by atoms with van der Waals surface area (Å²) in [6.07, 6.45) is -9.29. The number of rotatable bonds is 4. The van der Waals surface area contributed by atoms with Gasteiger partial charge in [-0.05, 0) is 48.4 Å². The van der Waals surface area contributed by atoms with Crippen molar-refractivity contribution in [3.8, 4) is 0 Å². The van der Waals surface area contributed by atoms with E-state index < -0.39 is 35.3 Å². The molecule has 2 aromatic carbocycles. The fraction of sp³-hybridized carbons (Fsp3) is 0.190. The maximum absolute atomic E-state index is 13.5. The monoisotopic (exact) mass is 487 g/mol. The fourth-order valence-electron chi connectivity index (χ4n) is 2.73. The molecular weight excluding hydrogens is 471 g/mol. The van der Waals surface area contributed by atoms with Crippen LogP contribution in [0.5, 0.6) is 0 Å². The number of amides is 1. The highest BCUT2D eigenvalue weighted by Crippen LogP contribution is 2.29.